The summed E-state index contributed by atoms with van der Waals surface area (Å²) >= 11 is 0. The third kappa shape index (κ3) is 5.90. The van der Waals surface area contributed by atoms with Crippen LogP contribution in [0.3, 0.4) is 0 Å². The molecule has 5 nitrogen and oxygen atoms in total. The van der Waals surface area contributed by atoms with Gasteiger partial charge in [0.1, 0.15) is 11.8 Å². The standard InChI is InChI=1S/C13H20NO4P/c1-10(2)17-13(15)11(3)14-19(4,16)18-12-8-6-5-7-9-12/h5-11H,1-4H3,(H,14,16)/t11-,19?/m1/s1. The van der Waals surface area contributed by atoms with Crippen molar-refractivity contribution in [2.75, 3.05) is 6.66 Å². The molecule has 1 rings (SSSR count). The lowest BCUT2D eigenvalue weighted by molar-refractivity contribution is -0.149. The third-order valence-electron chi connectivity index (χ3n) is 2.16. The van der Waals surface area contributed by atoms with E-state index in [1.165, 1.54) is 6.66 Å². The van der Waals surface area contributed by atoms with Crippen LogP contribution >= 0.6 is 7.52 Å². The number of ether oxygens (including phenoxy) is 1. The normalized spacial score (nSPS) is 15.6. The van der Waals surface area contributed by atoms with Gasteiger partial charge in [-0.1, -0.05) is 18.2 Å². The average molecular weight is 285 g/mol. The lowest BCUT2D eigenvalue weighted by Crippen LogP contribution is -2.35. The van der Waals surface area contributed by atoms with Gasteiger partial charge in [0.25, 0.3) is 0 Å². The molecule has 0 amide bonds. The van der Waals surface area contributed by atoms with E-state index in [0.29, 0.717) is 5.75 Å². The fourth-order valence-electron chi connectivity index (χ4n) is 1.45. The Morgan fingerprint density at radius 1 is 1.21 bits per heavy atom. The van der Waals surface area contributed by atoms with Gasteiger partial charge in [0.05, 0.1) is 6.10 Å². The molecule has 0 bridgehead atoms. The van der Waals surface area contributed by atoms with Crippen molar-refractivity contribution in [2.45, 2.75) is 32.9 Å². The molecule has 0 aliphatic rings. The first-order chi connectivity index (χ1) is 8.80. The minimum absolute atomic E-state index is 0.206. The van der Waals surface area contributed by atoms with E-state index in [4.69, 9.17) is 9.26 Å². The van der Waals surface area contributed by atoms with E-state index in [1.807, 2.05) is 6.07 Å². The van der Waals surface area contributed by atoms with E-state index < -0.39 is 19.5 Å². The number of rotatable bonds is 6. The molecule has 1 N–H and O–H groups in total. The maximum atomic E-state index is 12.2. The molecule has 0 saturated carbocycles. The number of para-hydroxylation sites is 1. The van der Waals surface area contributed by atoms with Gasteiger partial charge in [-0.25, -0.2) is 5.09 Å². The summed E-state index contributed by atoms with van der Waals surface area (Å²) in [5, 5.41) is 2.67. The first kappa shape index (κ1) is 15.7. The largest absolute Gasteiger partial charge is 0.462 e. The highest BCUT2D eigenvalue weighted by Crippen LogP contribution is 2.39. The van der Waals surface area contributed by atoms with Crippen molar-refractivity contribution >= 4 is 13.5 Å². The van der Waals surface area contributed by atoms with E-state index >= 15 is 0 Å². The van der Waals surface area contributed by atoms with Crippen LogP contribution in [0.4, 0.5) is 0 Å². The number of benzene rings is 1. The van der Waals surface area contributed by atoms with E-state index in [9.17, 15) is 9.36 Å². The predicted octanol–water partition coefficient (Wildman–Crippen LogP) is 2.82. The van der Waals surface area contributed by atoms with Gasteiger partial charge in [-0.15, -0.1) is 0 Å². The van der Waals surface area contributed by atoms with Gasteiger partial charge in [-0.05, 0) is 32.9 Å². The summed E-state index contributed by atoms with van der Waals surface area (Å²) in [6.45, 7) is 6.54. The van der Waals surface area contributed by atoms with Gasteiger partial charge < -0.3 is 9.26 Å². The van der Waals surface area contributed by atoms with Crippen molar-refractivity contribution in [3.05, 3.63) is 30.3 Å². The summed E-state index contributed by atoms with van der Waals surface area (Å²) in [4.78, 5) is 11.6. The van der Waals surface area contributed by atoms with E-state index in [1.54, 1.807) is 45.0 Å². The molecule has 6 heteroatoms. The number of esters is 1. The molecule has 0 radical (unpaired) electrons. The average Bonchev–Trinajstić information content (AvgIpc) is 2.27. The molecular formula is C13H20NO4P. The second-order valence-electron chi connectivity index (χ2n) is 4.59. The molecule has 0 aromatic heterocycles. The maximum Gasteiger partial charge on any atom is 0.323 e. The molecule has 1 unspecified atom stereocenters. The van der Waals surface area contributed by atoms with Crippen LogP contribution < -0.4 is 9.61 Å². The van der Waals surface area contributed by atoms with Crippen molar-refractivity contribution in [1.82, 2.24) is 5.09 Å². The monoisotopic (exact) mass is 285 g/mol. The van der Waals surface area contributed by atoms with E-state index in [-0.39, 0.29) is 6.10 Å². The number of hydrogen-bond acceptors (Lipinski definition) is 4. The van der Waals surface area contributed by atoms with Crippen LogP contribution in [0.2, 0.25) is 0 Å². The Morgan fingerprint density at radius 3 is 2.32 bits per heavy atom. The quantitative estimate of drug-likeness (QED) is 0.643. The Morgan fingerprint density at radius 2 is 1.79 bits per heavy atom. The molecule has 0 aliphatic heterocycles. The molecule has 0 spiro atoms. The molecule has 19 heavy (non-hydrogen) atoms. The number of nitrogens with one attached hydrogen (secondary N) is 1. The van der Waals surface area contributed by atoms with Crippen LogP contribution in [0, 0.1) is 0 Å². The van der Waals surface area contributed by atoms with E-state index in [0.717, 1.165) is 0 Å². The Hall–Kier alpha value is -1.32. The van der Waals surface area contributed by atoms with Crippen molar-refractivity contribution in [2.24, 2.45) is 0 Å². The lowest BCUT2D eigenvalue weighted by atomic mass is 10.3. The third-order valence-corrected chi connectivity index (χ3v) is 3.57. The Kier molecular flexibility index (Phi) is 5.58. The minimum Gasteiger partial charge on any atom is -0.462 e. The topological polar surface area (TPSA) is 64.6 Å². The van der Waals surface area contributed by atoms with Crippen LogP contribution in [0.15, 0.2) is 30.3 Å². The van der Waals surface area contributed by atoms with Crippen molar-refractivity contribution in [3.8, 4) is 5.75 Å². The predicted molar refractivity (Wildman–Crippen MR) is 74.4 cm³/mol. The van der Waals surface area contributed by atoms with Gasteiger partial charge in [0.2, 0.25) is 0 Å². The second kappa shape index (κ2) is 6.73. The molecule has 1 aromatic carbocycles. The summed E-state index contributed by atoms with van der Waals surface area (Å²) in [7, 11) is -3.12. The molecule has 1 aromatic rings. The summed E-state index contributed by atoms with van der Waals surface area (Å²) < 4.78 is 22.6. The van der Waals surface area contributed by atoms with Gasteiger partial charge in [-0.2, -0.15) is 0 Å². The smallest absolute Gasteiger partial charge is 0.323 e. The molecule has 0 saturated heterocycles. The zero-order valence-electron chi connectivity index (χ0n) is 11.6. The van der Waals surface area contributed by atoms with Crippen molar-refractivity contribution < 1.29 is 18.6 Å². The molecule has 0 heterocycles. The second-order valence-corrected chi connectivity index (χ2v) is 6.72. The lowest BCUT2D eigenvalue weighted by Gasteiger charge is -2.21. The number of hydrogen-bond donors (Lipinski definition) is 1. The maximum absolute atomic E-state index is 12.2. The van der Waals surface area contributed by atoms with Crippen LogP contribution in [-0.2, 0) is 14.1 Å². The fraction of sp³-hybridized carbons (Fsp3) is 0.462. The minimum atomic E-state index is -3.12. The summed E-state index contributed by atoms with van der Waals surface area (Å²) in [6.07, 6.45) is -0.206. The first-order valence-electron chi connectivity index (χ1n) is 6.10. The first-order valence-corrected chi connectivity index (χ1v) is 8.18. The Bertz CT molecular complexity index is 461. The highest BCUT2D eigenvalue weighted by Gasteiger charge is 2.25. The summed E-state index contributed by atoms with van der Waals surface area (Å²) in [6, 6.07) is 8.12. The molecule has 0 aliphatic carbocycles. The SMILES string of the molecule is CC(C)OC(=O)[C@@H](C)NP(C)(=O)Oc1ccccc1. The van der Waals surface area contributed by atoms with Crippen LogP contribution in [0.25, 0.3) is 0 Å². The van der Waals surface area contributed by atoms with Gasteiger partial charge in [0.15, 0.2) is 0 Å². The molecule has 106 valence electrons. The molecule has 2 atom stereocenters. The number of carbonyl (C=O) groups excluding carboxylic acids is 1. The Balaban J connectivity index is 2.59. The number of carbonyl (C=O) groups is 1. The van der Waals surface area contributed by atoms with Gasteiger partial charge in [-0.3, -0.25) is 9.36 Å². The van der Waals surface area contributed by atoms with Crippen LogP contribution in [0.5, 0.6) is 5.75 Å². The van der Waals surface area contributed by atoms with Crippen LogP contribution in [0.1, 0.15) is 20.8 Å². The van der Waals surface area contributed by atoms with E-state index in [2.05, 4.69) is 5.09 Å². The van der Waals surface area contributed by atoms with Gasteiger partial charge >= 0.3 is 13.5 Å². The summed E-state index contributed by atoms with van der Waals surface area (Å²) in [5.41, 5.74) is 0. The zero-order valence-corrected chi connectivity index (χ0v) is 12.5. The zero-order chi connectivity index (χ0) is 14.5. The highest BCUT2D eigenvalue weighted by molar-refractivity contribution is 7.56. The van der Waals surface area contributed by atoms with Crippen molar-refractivity contribution in [3.63, 3.8) is 0 Å². The molecule has 0 fully saturated rings. The highest BCUT2D eigenvalue weighted by atomic mass is 31.2. The van der Waals surface area contributed by atoms with Crippen molar-refractivity contribution in [1.29, 1.82) is 0 Å². The Labute approximate surface area is 113 Å². The fourth-order valence-corrected chi connectivity index (χ4v) is 2.83. The summed E-state index contributed by atoms with van der Waals surface area (Å²) in [5.74, 6) is 0.0407. The van der Waals surface area contributed by atoms with Gasteiger partial charge in [0, 0.05) is 6.66 Å². The van der Waals surface area contributed by atoms with Crippen LogP contribution in [-0.4, -0.2) is 24.8 Å². The molecular weight excluding hydrogens is 265 g/mol.